The number of fused-ring (bicyclic) bond motifs is 8. The summed E-state index contributed by atoms with van der Waals surface area (Å²) in [5.74, 6) is 1.05. The first-order valence-corrected chi connectivity index (χ1v) is 37.9. The Hall–Kier alpha value is -10.1. The lowest BCUT2D eigenvalue weighted by Crippen LogP contribution is -2.24. The Morgan fingerprint density at radius 1 is 0.308 bits per heavy atom. The van der Waals surface area contributed by atoms with E-state index in [1.54, 1.807) is 0 Å². The van der Waals surface area contributed by atoms with Crippen molar-refractivity contribution in [3.63, 3.8) is 0 Å². The Morgan fingerprint density at radius 3 is 1.38 bits per heavy atom. The lowest BCUT2D eigenvalue weighted by Gasteiger charge is -2.01. The first-order chi connectivity index (χ1) is 50.3. The second kappa shape index (κ2) is 49.5. The molecule has 15 aromatic rings. The quantitative estimate of drug-likeness (QED) is 0.150. The molecular weight excluding hydrogens is 1280 g/mol. The van der Waals surface area contributed by atoms with Crippen LogP contribution in [0.15, 0.2) is 196 Å². The molecule has 0 spiro atoms. The topological polar surface area (TPSA) is 108 Å². The molecule has 13 heteroatoms. The Balaban J connectivity index is 0.000000578. The van der Waals surface area contributed by atoms with Gasteiger partial charge in [-0.15, -0.1) is 0 Å². The van der Waals surface area contributed by atoms with Gasteiger partial charge in [0, 0.05) is 113 Å². The number of rotatable bonds is 0. The fraction of sp³-hybridized carbons (Fsp3) is 0.363. The molecule has 0 atom stereocenters. The predicted octanol–water partition coefficient (Wildman–Crippen LogP) is 23.8. The maximum absolute atomic E-state index is 4.23. The van der Waals surface area contributed by atoms with Crippen molar-refractivity contribution in [2.24, 2.45) is 0 Å². The predicted molar refractivity (Wildman–Crippen MR) is 454 cm³/mol. The van der Waals surface area contributed by atoms with Gasteiger partial charge in [-0.1, -0.05) is 147 Å². The summed E-state index contributed by atoms with van der Waals surface area (Å²) in [4.78, 5) is 20.8. The summed E-state index contributed by atoms with van der Waals surface area (Å²) in [5, 5.41) is 7.08. The molecule has 0 aliphatic heterocycles. The van der Waals surface area contributed by atoms with E-state index < -0.39 is 0 Å². The van der Waals surface area contributed by atoms with Crippen LogP contribution < -0.4 is 10.4 Å². The zero-order chi connectivity index (χ0) is 78.8. The minimum absolute atomic E-state index is 1.03. The van der Waals surface area contributed by atoms with Crippen molar-refractivity contribution in [3.8, 4) is 0 Å². The summed E-state index contributed by atoms with van der Waals surface area (Å²) < 4.78 is 14.8. The minimum atomic E-state index is 1.03. The van der Waals surface area contributed by atoms with Crippen LogP contribution in [0.2, 0.25) is 0 Å². The van der Waals surface area contributed by atoms with E-state index in [0.717, 1.165) is 23.6 Å². The fourth-order valence-electron chi connectivity index (χ4n) is 11.8. The van der Waals surface area contributed by atoms with Crippen LogP contribution >= 0.6 is 0 Å². The number of aryl methyl sites for hydroxylation is 15. The van der Waals surface area contributed by atoms with E-state index in [-0.39, 0.29) is 0 Å². The van der Waals surface area contributed by atoms with E-state index in [9.17, 15) is 0 Å². The molecule has 1 aliphatic carbocycles. The lowest BCUT2D eigenvalue weighted by atomic mass is 10.1. The summed E-state index contributed by atoms with van der Waals surface area (Å²) in [5.41, 5.74) is 27.6. The highest BCUT2D eigenvalue weighted by Crippen LogP contribution is 2.18. The van der Waals surface area contributed by atoms with Gasteiger partial charge in [0.1, 0.15) is 11.5 Å². The van der Waals surface area contributed by atoms with Crippen LogP contribution in [0.25, 0.3) is 50.4 Å². The summed E-state index contributed by atoms with van der Waals surface area (Å²) in [6.45, 7) is 65.6. The highest BCUT2D eigenvalue weighted by molar-refractivity contribution is 5.62. The summed E-state index contributed by atoms with van der Waals surface area (Å²) in [6, 6.07) is 42.0. The van der Waals surface area contributed by atoms with E-state index >= 15 is 0 Å². The molecule has 14 aromatic heterocycles. The molecule has 0 saturated heterocycles. The average molecular weight is 1410 g/mol. The third kappa shape index (κ3) is 25.1. The molecule has 0 saturated carbocycles. The average Bonchev–Trinajstić information content (AvgIpc) is 1.76. The summed E-state index contributed by atoms with van der Waals surface area (Å²) in [6.07, 6.45) is 26.3. The van der Waals surface area contributed by atoms with E-state index in [1.807, 2.05) is 226 Å². The van der Waals surface area contributed by atoms with Crippen molar-refractivity contribution < 1.29 is 0 Å². The van der Waals surface area contributed by atoms with E-state index in [2.05, 4.69) is 258 Å². The second-order valence-corrected chi connectivity index (χ2v) is 22.8. The summed E-state index contributed by atoms with van der Waals surface area (Å²) >= 11 is 0. The maximum Gasteiger partial charge on any atom is 0.137 e. The SMILES string of the molecule is CC.CC.CC.CC.CC.CC.CC.CC.CC1=c2c(C)cccc2=CC1.Cc1ccc2ccnc(C)n12.Cc1ccc2cncc(C)n12.Cc1cccc2ccc(C)n12.Cc1ccn2ccnc(C)c12.Cc1ccn2cncc(C)c12.Cc1ccnc2ccc(C)n12.Cc1ccnn2ccc(C)c12. The molecule has 0 bridgehead atoms. The maximum atomic E-state index is 4.23. The van der Waals surface area contributed by atoms with Crippen molar-refractivity contribution in [1.82, 2.24) is 60.9 Å². The van der Waals surface area contributed by atoms with Crippen LogP contribution in [0.4, 0.5) is 0 Å². The Morgan fingerprint density at radius 2 is 0.808 bits per heavy atom. The molecule has 0 amide bonds. The number of benzene rings is 1. The van der Waals surface area contributed by atoms with Gasteiger partial charge in [-0.2, -0.15) is 5.10 Å². The highest BCUT2D eigenvalue weighted by atomic mass is 15.2. The fourth-order valence-corrected chi connectivity index (χ4v) is 11.8. The minimum Gasteiger partial charge on any atom is -0.320 e. The molecule has 104 heavy (non-hydrogen) atoms. The van der Waals surface area contributed by atoms with Crippen LogP contribution in [0.5, 0.6) is 0 Å². The van der Waals surface area contributed by atoms with Crippen LogP contribution in [0.1, 0.15) is 209 Å². The van der Waals surface area contributed by atoms with Gasteiger partial charge in [0.05, 0.1) is 40.3 Å². The number of hydrogen-bond acceptors (Lipinski definition) is 6. The van der Waals surface area contributed by atoms with Gasteiger partial charge in [0.2, 0.25) is 0 Å². The van der Waals surface area contributed by atoms with Crippen LogP contribution in [0.3, 0.4) is 0 Å². The molecule has 1 aromatic carbocycles. The van der Waals surface area contributed by atoms with E-state index in [0.29, 0.717) is 0 Å². The first kappa shape index (κ1) is 91.9. The van der Waals surface area contributed by atoms with Crippen LogP contribution in [-0.4, -0.2) is 60.9 Å². The smallest absolute Gasteiger partial charge is 0.137 e. The molecule has 0 N–H and O–H groups in total. The Bertz CT molecular complexity index is 4230. The van der Waals surface area contributed by atoms with Gasteiger partial charge >= 0.3 is 0 Å². The molecule has 0 fully saturated rings. The zero-order valence-corrected chi connectivity index (χ0v) is 70.1. The van der Waals surface area contributed by atoms with Crippen molar-refractivity contribution in [1.29, 1.82) is 0 Å². The van der Waals surface area contributed by atoms with Gasteiger partial charge in [-0.05, 0) is 258 Å². The molecule has 560 valence electrons. The Labute approximate surface area is 626 Å². The molecule has 0 unspecified atom stereocenters. The van der Waals surface area contributed by atoms with Gasteiger partial charge in [-0.25, -0.2) is 19.5 Å². The monoisotopic (exact) mass is 1410 g/mol. The third-order valence-corrected chi connectivity index (χ3v) is 16.1. The zero-order valence-electron chi connectivity index (χ0n) is 70.1. The van der Waals surface area contributed by atoms with E-state index in [4.69, 9.17) is 0 Å². The largest absolute Gasteiger partial charge is 0.320 e. The first-order valence-electron chi connectivity index (χ1n) is 37.9. The number of nitrogens with zero attached hydrogens (tertiary/aromatic N) is 13. The normalized spacial score (nSPS) is 9.94. The number of aromatic nitrogens is 13. The second-order valence-electron chi connectivity index (χ2n) is 22.8. The molecule has 13 nitrogen and oxygen atoms in total. The van der Waals surface area contributed by atoms with Crippen molar-refractivity contribution in [2.45, 2.75) is 228 Å². The van der Waals surface area contributed by atoms with Gasteiger partial charge < -0.3 is 26.4 Å². The molecule has 14 heterocycles. The number of hydrogen-bond donors (Lipinski definition) is 0. The van der Waals surface area contributed by atoms with Gasteiger partial charge in [-0.3, -0.25) is 9.97 Å². The van der Waals surface area contributed by atoms with E-state index in [1.165, 1.54) is 122 Å². The van der Waals surface area contributed by atoms with Crippen LogP contribution in [0, 0.1) is 104 Å². The molecule has 1 aliphatic rings. The number of pyridine rings is 1. The molecule has 0 radical (unpaired) electrons. The van der Waals surface area contributed by atoms with Crippen molar-refractivity contribution in [2.75, 3.05) is 0 Å². The lowest BCUT2D eigenvalue weighted by molar-refractivity contribution is 0.932. The van der Waals surface area contributed by atoms with Crippen molar-refractivity contribution in [3.05, 3.63) is 291 Å². The highest BCUT2D eigenvalue weighted by Gasteiger charge is 2.05. The molecular formula is C91H131N13. The summed E-state index contributed by atoms with van der Waals surface area (Å²) in [7, 11) is 0. The molecule has 16 rings (SSSR count). The van der Waals surface area contributed by atoms with Gasteiger partial charge in [0.25, 0.3) is 0 Å². The van der Waals surface area contributed by atoms with Crippen molar-refractivity contribution >= 4 is 50.4 Å². The van der Waals surface area contributed by atoms with Crippen LogP contribution in [-0.2, 0) is 0 Å². The standard InChI is InChI=1S/C11H12.C10H11N.6C9H10N2.8C2H6/c2*1-8-4-3-5-10-7-6-9(2)11(8)10;1-7-3-5-11-6-4-10-8(2)9(7)11;1-7-3-5-10-11-6-4-8(2)9(7)11;1-7-3-4-11-6-10-5-8(2)9(7)11;1-7-3-4-9-6-10-5-8(2)11(7)9;1-7-3-4-9-5-6-10-8(2)11(7)9;1-7-3-4-9-10-6-5-8(2)11(7)9;8*1-2/h3-5,7H,6H2,1-2H3;3-7H,1-2H3;6*3-6H,1-2H3;8*1-2H3. The van der Waals surface area contributed by atoms with Gasteiger partial charge in [0.15, 0.2) is 0 Å². The third-order valence-electron chi connectivity index (χ3n) is 16.1. The Kier molecular flexibility index (Phi) is 43.7.